The van der Waals surface area contributed by atoms with Gasteiger partial charge in [0.25, 0.3) is 0 Å². The molecular weight excluding hydrogens is 282 g/mol. The molecule has 0 aliphatic carbocycles. The van der Waals surface area contributed by atoms with Crippen LogP contribution in [0.5, 0.6) is 5.75 Å². The number of hydrogen-bond acceptors (Lipinski definition) is 5. The first kappa shape index (κ1) is 15.1. The number of methoxy groups -OCH3 is 1. The van der Waals surface area contributed by atoms with Crippen LogP contribution in [0, 0.1) is 0 Å². The first-order valence-corrected chi connectivity index (χ1v) is 6.80. The molecule has 20 heavy (non-hydrogen) atoms. The predicted molar refractivity (Wildman–Crippen MR) is 75.1 cm³/mol. The molecule has 0 bridgehead atoms. The summed E-state index contributed by atoms with van der Waals surface area (Å²) in [6.07, 6.45) is -0.607. The second kappa shape index (κ2) is 6.43. The van der Waals surface area contributed by atoms with Crippen LogP contribution in [0.4, 0.5) is 0 Å². The van der Waals surface area contributed by atoms with Crippen molar-refractivity contribution in [2.24, 2.45) is 0 Å². The van der Waals surface area contributed by atoms with Crippen LogP contribution in [0.2, 0.25) is 5.02 Å². The maximum Gasteiger partial charge on any atom is 0.303 e. The molecule has 1 saturated heterocycles. The standard InChI is InChI=1S/C14H18ClNO4/c1-8(17)20-14-11(16-7-12(14)18)6-9-3-4-13(19-2)10(15)5-9/h3-5,11-12,14,16,18H,6-7H2,1-2H3/t11-,12+,14+/m1/s1. The van der Waals surface area contributed by atoms with Crippen molar-refractivity contribution in [1.29, 1.82) is 0 Å². The lowest BCUT2D eigenvalue weighted by Crippen LogP contribution is -2.38. The van der Waals surface area contributed by atoms with E-state index in [1.807, 2.05) is 12.1 Å². The molecule has 2 rings (SSSR count). The molecule has 3 atom stereocenters. The van der Waals surface area contributed by atoms with Crippen LogP contribution < -0.4 is 10.1 Å². The van der Waals surface area contributed by atoms with Gasteiger partial charge in [0, 0.05) is 13.5 Å². The Morgan fingerprint density at radius 1 is 1.55 bits per heavy atom. The minimum atomic E-state index is -0.683. The molecule has 1 fully saturated rings. The van der Waals surface area contributed by atoms with Gasteiger partial charge in [-0.25, -0.2) is 0 Å². The summed E-state index contributed by atoms with van der Waals surface area (Å²) in [6, 6.07) is 5.39. The highest BCUT2D eigenvalue weighted by Crippen LogP contribution is 2.26. The molecule has 1 aliphatic rings. The number of rotatable bonds is 4. The summed E-state index contributed by atoms with van der Waals surface area (Å²) in [5, 5.41) is 13.5. The van der Waals surface area contributed by atoms with Gasteiger partial charge in [-0.05, 0) is 24.1 Å². The molecule has 6 heteroatoms. The van der Waals surface area contributed by atoms with Crippen molar-refractivity contribution in [1.82, 2.24) is 5.32 Å². The Labute approximate surface area is 122 Å². The molecule has 0 radical (unpaired) electrons. The highest BCUT2D eigenvalue weighted by atomic mass is 35.5. The molecule has 2 N–H and O–H groups in total. The first-order chi connectivity index (χ1) is 9.51. The van der Waals surface area contributed by atoms with Gasteiger partial charge >= 0.3 is 5.97 Å². The van der Waals surface area contributed by atoms with Crippen molar-refractivity contribution < 1.29 is 19.4 Å². The minimum Gasteiger partial charge on any atom is -0.495 e. The Morgan fingerprint density at radius 2 is 2.30 bits per heavy atom. The number of hydrogen-bond donors (Lipinski definition) is 2. The summed E-state index contributed by atoms with van der Waals surface area (Å²) < 4.78 is 10.3. The largest absolute Gasteiger partial charge is 0.495 e. The Hall–Kier alpha value is -1.30. The molecular formula is C14H18ClNO4. The van der Waals surface area contributed by atoms with E-state index in [-0.39, 0.29) is 6.04 Å². The number of aliphatic hydroxyl groups excluding tert-OH is 1. The van der Waals surface area contributed by atoms with Gasteiger partial charge in [-0.2, -0.15) is 0 Å². The Bertz CT molecular complexity index is 494. The first-order valence-electron chi connectivity index (χ1n) is 6.42. The lowest BCUT2D eigenvalue weighted by molar-refractivity contribution is -0.151. The van der Waals surface area contributed by atoms with Crippen molar-refractivity contribution >= 4 is 17.6 Å². The molecule has 0 amide bonds. The van der Waals surface area contributed by atoms with Gasteiger partial charge in [0.2, 0.25) is 0 Å². The van der Waals surface area contributed by atoms with E-state index in [1.54, 1.807) is 13.2 Å². The zero-order valence-electron chi connectivity index (χ0n) is 11.4. The maximum absolute atomic E-state index is 11.1. The summed E-state index contributed by atoms with van der Waals surface area (Å²) in [7, 11) is 1.56. The third-order valence-corrected chi connectivity index (χ3v) is 3.63. The average molecular weight is 300 g/mol. The lowest BCUT2D eigenvalue weighted by Gasteiger charge is -2.21. The van der Waals surface area contributed by atoms with Gasteiger partial charge in [-0.1, -0.05) is 17.7 Å². The maximum atomic E-state index is 11.1. The van der Waals surface area contributed by atoms with E-state index in [0.29, 0.717) is 23.7 Å². The van der Waals surface area contributed by atoms with Gasteiger partial charge in [0.1, 0.15) is 18.0 Å². The van der Waals surface area contributed by atoms with Crippen LogP contribution in [-0.4, -0.2) is 43.0 Å². The molecule has 0 aromatic heterocycles. The van der Waals surface area contributed by atoms with Crippen molar-refractivity contribution in [3.8, 4) is 5.75 Å². The highest BCUT2D eigenvalue weighted by Gasteiger charge is 2.37. The quantitative estimate of drug-likeness (QED) is 0.817. The van der Waals surface area contributed by atoms with Crippen molar-refractivity contribution in [3.05, 3.63) is 28.8 Å². The fourth-order valence-electron chi connectivity index (χ4n) is 2.40. The number of β-amino-alcohol motifs (C(OH)–C–C–N with tert-alkyl or cyclic N) is 1. The summed E-state index contributed by atoms with van der Waals surface area (Å²) in [5.41, 5.74) is 0.986. The van der Waals surface area contributed by atoms with E-state index in [9.17, 15) is 9.90 Å². The molecule has 1 aliphatic heterocycles. The molecule has 110 valence electrons. The Morgan fingerprint density at radius 3 is 2.90 bits per heavy atom. The second-order valence-corrected chi connectivity index (χ2v) is 5.24. The number of carbonyl (C=O) groups excluding carboxylic acids is 1. The smallest absolute Gasteiger partial charge is 0.303 e. The third-order valence-electron chi connectivity index (χ3n) is 3.34. The van der Waals surface area contributed by atoms with Gasteiger partial charge in [0.05, 0.1) is 18.2 Å². The second-order valence-electron chi connectivity index (χ2n) is 4.83. The topological polar surface area (TPSA) is 67.8 Å². The molecule has 0 unspecified atom stereocenters. The van der Waals surface area contributed by atoms with E-state index in [0.717, 1.165) is 5.56 Å². The fraction of sp³-hybridized carbons (Fsp3) is 0.500. The average Bonchev–Trinajstić information content (AvgIpc) is 2.71. The monoisotopic (exact) mass is 299 g/mol. The van der Waals surface area contributed by atoms with E-state index in [1.165, 1.54) is 6.92 Å². The number of benzene rings is 1. The number of carbonyl (C=O) groups is 1. The van der Waals surface area contributed by atoms with Crippen LogP contribution in [0.1, 0.15) is 12.5 Å². The van der Waals surface area contributed by atoms with Crippen molar-refractivity contribution in [3.63, 3.8) is 0 Å². The normalized spacial score (nSPS) is 25.5. The van der Waals surface area contributed by atoms with Crippen molar-refractivity contribution in [2.75, 3.05) is 13.7 Å². The Kier molecular flexibility index (Phi) is 4.86. The van der Waals surface area contributed by atoms with E-state index in [4.69, 9.17) is 21.1 Å². The SMILES string of the molecule is COc1ccc(C[C@H]2NC[C@H](O)[C@H]2OC(C)=O)cc1Cl. The lowest BCUT2D eigenvalue weighted by atomic mass is 10.0. The molecule has 1 heterocycles. The van der Waals surface area contributed by atoms with Crippen molar-refractivity contribution in [2.45, 2.75) is 31.6 Å². The molecule has 1 aromatic carbocycles. The highest BCUT2D eigenvalue weighted by molar-refractivity contribution is 6.32. The van der Waals surface area contributed by atoms with Crippen LogP contribution in [0.3, 0.4) is 0 Å². The van der Waals surface area contributed by atoms with Crippen LogP contribution in [0.25, 0.3) is 0 Å². The number of halogens is 1. The number of esters is 1. The molecule has 5 nitrogen and oxygen atoms in total. The molecule has 1 aromatic rings. The van der Waals surface area contributed by atoms with Crippen LogP contribution >= 0.6 is 11.6 Å². The number of aliphatic hydroxyl groups is 1. The van der Waals surface area contributed by atoms with Crippen LogP contribution in [-0.2, 0) is 16.0 Å². The zero-order valence-corrected chi connectivity index (χ0v) is 12.2. The van der Waals surface area contributed by atoms with E-state index in [2.05, 4.69) is 5.32 Å². The zero-order chi connectivity index (χ0) is 14.7. The van der Waals surface area contributed by atoms with Crippen LogP contribution in [0.15, 0.2) is 18.2 Å². The van der Waals surface area contributed by atoms with E-state index >= 15 is 0 Å². The summed E-state index contributed by atoms with van der Waals surface area (Å²) in [5.74, 6) is 0.224. The number of nitrogens with one attached hydrogen (secondary N) is 1. The number of ether oxygens (including phenoxy) is 2. The summed E-state index contributed by atoms with van der Waals surface area (Å²) in [6.45, 7) is 1.75. The Balaban J connectivity index is 2.08. The van der Waals surface area contributed by atoms with Gasteiger partial charge in [-0.15, -0.1) is 0 Å². The van der Waals surface area contributed by atoms with Gasteiger partial charge in [-0.3, -0.25) is 4.79 Å². The predicted octanol–water partition coefficient (Wildman–Crippen LogP) is 1.16. The van der Waals surface area contributed by atoms with Gasteiger partial charge in [0.15, 0.2) is 0 Å². The molecule has 0 spiro atoms. The molecule has 0 saturated carbocycles. The summed E-state index contributed by atoms with van der Waals surface area (Å²) in [4.78, 5) is 11.1. The van der Waals surface area contributed by atoms with Gasteiger partial charge < -0.3 is 19.9 Å². The van der Waals surface area contributed by atoms with E-state index < -0.39 is 18.2 Å². The third kappa shape index (κ3) is 3.42. The minimum absolute atomic E-state index is 0.127. The summed E-state index contributed by atoms with van der Waals surface area (Å²) >= 11 is 6.08. The fourth-order valence-corrected chi connectivity index (χ4v) is 2.68.